The van der Waals surface area contributed by atoms with Crippen molar-refractivity contribution >= 4 is 0 Å². The van der Waals surface area contributed by atoms with E-state index in [0.29, 0.717) is 5.82 Å². The van der Waals surface area contributed by atoms with Crippen LogP contribution < -0.4 is 11.1 Å². The van der Waals surface area contributed by atoms with Gasteiger partial charge in [0, 0.05) is 14.1 Å². The van der Waals surface area contributed by atoms with E-state index in [1.807, 2.05) is 19.0 Å². The van der Waals surface area contributed by atoms with Gasteiger partial charge in [-0.2, -0.15) is 0 Å². The number of nitrogens with zero attached hydrogens (tertiary/aromatic N) is 1. The van der Waals surface area contributed by atoms with E-state index < -0.39 is 0 Å². The lowest BCUT2D eigenvalue weighted by atomic mass is 10.6. The highest BCUT2D eigenvalue weighted by atomic mass is 15.2. The summed E-state index contributed by atoms with van der Waals surface area (Å²) in [6.45, 7) is 7.12. The second-order valence-electron chi connectivity index (χ2n) is 1.99. The SMILES string of the molecule is C=C(N)NC(=C)N(C)C. The third kappa shape index (κ3) is 3.46. The van der Waals surface area contributed by atoms with Crippen LogP contribution in [0.2, 0.25) is 0 Å². The van der Waals surface area contributed by atoms with Crippen LogP contribution >= 0.6 is 0 Å². The first kappa shape index (κ1) is 7.88. The monoisotopic (exact) mass is 127 g/mol. The van der Waals surface area contributed by atoms with Crippen molar-refractivity contribution in [3.63, 3.8) is 0 Å². The molecule has 0 fully saturated rings. The molecule has 0 bridgehead atoms. The highest BCUT2D eigenvalue weighted by molar-refractivity contribution is 4.98. The quantitative estimate of drug-likeness (QED) is 0.562. The average Bonchev–Trinajstić information content (AvgIpc) is 1.63. The van der Waals surface area contributed by atoms with E-state index in [0.717, 1.165) is 5.82 Å². The van der Waals surface area contributed by atoms with Crippen molar-refractivity contribution in [2.45, 2.75) is 0 Å². The van der Waals surface area contributed by atoms with Gasteiger partial charge in [0.1, 0.15) is 0 Å². The highest BCUT2D eigenvalue weighted by Crippen LogP contribution is 1.87. The molecule has 3 nitrogen and oxygen atoms in total. The molecule has 0 aromatic rings. The Bertz CT molecular complexity index is 126. The van der Waals surface area contributed by atoms with E-state index in [1.165, 1.54) is 0 Å². The van der Waals surface area contributed by atoms with Gasteiger partial charge in [0.15, 0.2) is 0 Å². The zero-order valence-corrected chi connectivity index (χ0v) is 5.94. The third-order valence-corrected chi connectivity index (χ3v) is 0.845. The first-order valence-electron chi connectivity index (χ1n) is 2.61. The normalized spacial score (nSPS) is 8.22. The minimum absolute atomic E-state index is 0.411. The summed E-state index contributed by atoms with van der Waals surface area (Å²) < 4.78 is 0. The van der Waals surface area contributed by atoms with E-state index >= 15 is 0 Å². The van der Waals surface area contributed by atoms with Crippen molar-refractivity contribution in [1.82, 2.24) is 10.2 Å². The van der Waals surface area contributed by atoms with Crippen LogP contribution in [0.5, 0.6) is 0 Å². The van der Waals surface area contributed by atoms with E-state index in [4.69, 9.17) is 5.73 Å². The van der Waals surface area contributed by atoms with Crippen LogP contribution in [-0.2, 0) is 0 Å². The summed E-state index contributed by atoms with van der Waals surface area (Å²) in [5, 5.41) is 2.76. The molecular weight excluding hydrogens is 114 g/mol. The Balaban J connectivity index is 3.64. The van der Waals surface area contributed by atoms with E-state index in [-0.39, 0.29) is 0 Å². The number of nitrogens with two attached hydrogens (primary N) is 1. The highest BCUT2D eigenvalue weighted by Gasteiger charge is 1.91. The van der Waals surface area contributed by atoms with Gasteiger partial charge < -0.3 is 16.0 Å². The lowest BCUT2D eigenvalue weighted by molar-refractivity contribution is 0.479. The van der Waals surface area contributed by atoms with Crippen LogP contribution in [0.3, 0.4) is 0 Å². The Morgan fingerprint density at radius 3 is 2.00 bits per heavy atom. The van der Waals surface area contributed by atoms with E-state index in [1.54, 1.807) is 0 Å². The summed E-state index contributed by atoms with van der Waals surface area (Å²) in [5.74, 6) is 1.15. The minimum atomic E-state index is 0.411. The molecule has 0 atom stereocenters. The van der Waals surface area contributed by atoms with Crippen LogP contribution in [-0.4, -0.2) is 19.0 Å². The van der Waals surface area contributed by atoms with Crippen LogP contribution in [0, 0.1) is 0 Å². The Hall–Kier alpha value is -1.12. The third-order valence-electron chi connectivity index (χ3n) is 0.845. The van der Waals surface area contributed by atoms with Crippen LogP contribution in [0.25, 0.3) is 0 Å². The summed E-state index contributed by atoms with van der Waals surface area (Å²) in [7, 11) is 3.75. The minimum Gasteiger partial charge on any atom is -0.386 e. The van der Waals surface area contributed by atoms with Crippen LogP contribution in [0.1, 0.15) is 0 Å². The fourth-order valence-electron chi connectivity index (χ4n) is 0.297. The molecule has 0 rings (SSSR count). The van der Waals surface area contributed by atoms with Gasteiger partial charge in [-0.3, -0.25) is 0 Å². The summed E-state index contributed by atoms with van der Waals surface area (Å²) >= 11 is 0. The second-order valence-corrected chi connectivity index (χ2v) is 1.99. The first-order valence-corrected chi connectivity index (χ1v) is 2.61. The van der Waals surface area contributed by atoms with Gasteiger partial charge in [-0.25, -0.2) is 0 Å². The molecule has 0 amide bonds. The van der Waals surface area contributed by atoms with Gasteiger partial charge in [0.05, 0.1) is 11.6 Å². The standard InChI is InChI=1S/C6H13N3/c1-5(7)8-6(2)9(3)4/h8H,1-2,7H2,3-4H3. The Labute approximate surface area is 55.8 Å². The van der Waals surface area contributed by atoms with Gasteiger partial charge in [-0.15, -0.1) is 0 Å². The Morgan fingerprint density at radius 2 is 1.89 bits per heavy atom. The van der Waals surface area contributed by atoms with Gasteiger partial charge in [0.2, 0.25) is 0 Å². The zero-order chi connectivity index (χ0) is 7.44. The fourth-order valence-corrected chi connectivity index (χ4v) is 0.297. The van der Waals surface area contributed by atoms with E-state index in [2.05, 4.69) is 18.5 Å². The molecule has 0 aromatic carbocycles. The van der Waals surface area contributed by atoms with Crippen molar-refractivity contribution in [3.05, 3.63) is 24.8 Å². The number of hydrogen-bond donors (Lipinski definition) is 2. The molecule has 0 heterocycles. The first-order chi connectivity index (χ1) is 4.04. The molecule has 0 saturated heterocycles. The van der Waals surface area contributed by atoms with Crippen LogP contribution in [0.15, 0.2) is 24.8 Å². The van der Waals surface area contributed by atoms with Crippen molar-refractivity contribution in [1.29, 1.82) is 0 Å². The summed E-state index contributed by atoms with van der Waals surface area (Å²) in [6, 6.07) is 0. The van der Waals surface area contributed by atoms with Gasteiger partial charge >= 0.3 is 0 Å². The molecular formula is C6H13N3. The molecule has 0 unspecified atom stereocenters. The molecule has 3 N–H and O–H groups in total. The van der Waals surface area contributed by atoms with Gasteiger partial charge in [0.25, 0.3) is 0 Å². The topological polar surface area (TPSA) is 41.3 Å². The summed E-state index contributed by atoms with van der Waals surface area (Å²) in [5.41, 5.74) is 5.24. The average molecular weight is 127 g/mol. The molecule has 0 aliphatic carbocycles. The smallest absolute Gasteiger partial charge is 0.0989 e. The van der Waals surface area contributed by atoms with Crippen molar-refractivity contribution in [2.24, 2.45) is 5.73 Å². The van der Waals surface area contributed by atoms with Crippen molar-refractivity contribution in [3.8, 4) is 0 Å². The van der Waals surface area contributed by atoms with Gasteiger partial charge in [-0.1, -0.05) is 13.2 Å². The molecule has 3 heteroatoms. The number of nitrogens with one attached hydrogen (secondary N) is 1. The Morgan fingerprint density at radius 1 is 1.44 bits per heavy atom. The summed E-state index contributed by atoms with van der Waals surface area (Å²) in [4.78, 5) is 1.82. The lowest BCUT2D eigenvalue weighted by Gasteiger charge is -2.16. The second kappa shape index (κ2) is 3.02. The van der Waals surface area contributed by atoms with Crippen molar-refractivity contribution < 1.29 is 0 Å². The largest absolute Gasteiger partial charge is 0.386 e. The molecule has 0 aliphatic rings. The maximum Gasteiger partial charge on any atom is 0.0989 e. The maximum absolute atomic E-state index is 5.24. The predicted octanol–water partition coefficient (Wildman–Crippen LogP) is 0.0387. The Kier molecular flexibility index (Phi) is 2.64. The van der Waals surface area contributed by atoms with Crippen molar-refractivity contribution in [2.75, 3.05) is 14.1 Å². The predicted molar refractivity (Wildman–Crippen MR) is 39.3 cm³/mol. The van der Waals surface area contributed by atoms with Crippen LogP contribution in [0.4, 0.5) is 0 Å². The zero-order valence-electron chi connectivity index (χ0n) is 5.94. The molecule has 0 aromatic heterocycles. The summed E-state index contributed by atoms with van der Waals surface area (Å²) in [6.07, 6.45) is 0. The molecule has 9 heavy (non-hydrogen) atoms. The molecule has 0 aliphatic heterocycles. The van der Waals surface area contributed by atoms with E-state index in [9.17, 15) is 0 Å². The maximum atomic E-state index is 5.24. The molecule has 0 saturated carbocycles. The molecule has 0 radical (unpaired) electrons. The molecule has 0 spiro atoms. The molecule has 52 valence electrons. The number of rotatable bonds is 3. The fraction of sp³-hybridized carbons (Fsp3) is 0.333. The lowest BCUT2D eigenvalue weighted by Crippen LogP contribution is -2.26. The number of hydrogen-bond acceptors (Lipinski definition) is 3. The van der Waals surface area contributed by atoms with Gasteiger partial charge in [-0.05, 0) is 0 Å².